The molecule has 0 fully saturated rings. The van der Waals surface area contributed by atoms with Crippen LogP contribution in [-0.2, 0) is 20.0 Å². The van der Waals surface area contributed by atoms with Crippen LogP contribution in [0, 0.1) is 0 Å². The van der Waals surface area contributed by atoms with E-state index in [-0.39, 0.29) is 18.2 Å². The van der Waals surface area contributed by atoms with E-state index in [1.807, 2.05) is 32.0 Å². The average molecular weight is 282 g/mol. The van der Waals surface area contributed by atoms with E-state index in [0.29, 0.717) is 6.61 Å². The maximum absolute atomic E-state index is 11.0. The number of hydrogen-bond acceptors (Lipinski definition) is 4. The van der Waals surface area contributed by atoms with E-state index in [1.54, 1.807) is 11.8 Å². The van der Waals surface area contributed by atoms with Crippen molar-refractivity contribution in [1.29, 1.82) is 0 Å². The van der Waals surface area contributed by atoms with Crippen LogP contribution in [-0.4, -0.2) is 30.5 Å². The lowest BCUT2D eigenvalue weighted by Gasteiger charge is -2.18. The van der Waals surface area contributed by atoms with Gasteiger partial charge < -0.3 is 9.47 Å². The second kappa shape index (κ2) is 8.99. The van der Waals surface area contributed by atoms with E-state index < -0.39 is 0 Å². The van der Waals surface area contributed by atoms with E-state index in [9.17, 15) is 4.79 Å². The van der Waals surface area contributed by atoms with Crippen LogP contribution in [0.5, 0.6) is 0 Å². The quantitative estimate of drug-likeness (QED) is 0.686. The first-order valence-electron chi connectivity index (χ1n) is 6.48. The number of carbonyl (C=O) groups excluding carboxylic acids is 1. The predicted octanol–water partition coefficient (Wildman–Crippen LogP) is 3.28. The van der Waals surface area contributed by atoms with Gasteiger partial charge in [-0.2, -0.15) is 11.8 Å². The van der Waals surface area contributed by atoms with Gasteiger partial charge in [-0.1, -0.05) is 30.3 Å². The molecule has 0 aliphatic heterocycles. The van der Waals surface area contributed by atoms with E-state index in [0.717, 1.165) is 11.5 Å². The highest BCUT2D eigenvalue weighted by atomic mass is 32.2. The molecule has 1 rings (SSSR count). The van der Waals surface area contributed by atoms with Crippen molar-refractivity contribution in [3.8, 4) is 0 Å². The Labute approximate surface area is 119 Å². The number of esters is 1. The molecule has 0 aliphatic carbocycles. The maximum Gasteiger partial charge on any atom is 0.303 e. The fraction of sp³-hybridized carbons (Fsp3) is 0.533. The molecule has 19 heavy (non-hydrogen) atoms. The summed E-state index contributed by atoms with van der Waals surface area (Å²) in [6, 6.07) is 10.3. The number of rotatable bonds is 8. The molecule has 3 nitrogen and oxygen atoms in total. The molecule has 0 amide bonds. The summed E-state index contributed by atoms with van der Waals surface area (Å²) in [5, 5.41) is 0. The number of thioether (sulfide) groups is 1. The molecule has 1 aromatic rings. The van der Waals surface area contributed by atoms with Gasteiger partial charge in [0.1, 0.15) is 6.10 Å². The van der Waals surface area contributed by atoms with Crippen molar-refractivity contribution in [3.05, 3.63) is 35.9 Å². The van der Waals surface area contributed by atoms with Crippen molar-refractivity contribution < 1.29 is 14.3 Å². The van der Waals surface area contributed by atoms with Crippen molar-refractivity contribution in [1.82, 2.24) is 0 Å². The fourth-order valence-electron chi connectivity index (χ4n) is 1.53. The van der Waals surface area contributed by atoms with Crippen molar-refractivity contribution in [2.45, 2.75) is 38.7 Å². The maximum atomic E-state index is 11.0. The molecule has 106 valence electrons. The Morgan fingerprint density at radius 3 is 2.53 bits per heavy atom. The third kappa shape index (κ3) is 7.90. The highest BCUT2D eigenvalue weighted by Crippen LogP contribution is 2.14. The Morgan fingerprint density at radius 2 is 1.95 bits per heavy atom. The Balaban J connectivity index is 2.33. The minimum atomic E-state index is -0.252. The van der Waals surface area contributed by atoms with Gasteiger partial charge in [0.25, 0.3) is 0 Å². The second-order valence-electron chi connectivity index (χ2n) is 4.61. The summed E-state index contributed by atoms with van der Waals surface area (Å²) >= 11 is 1.75. The Morgan fingerprint density at radius 1 is 1.26 bits per heavy atom. The second-order valence-corrected chi connectivity index (χ2v) is 5.64. The van der Waals surface area contributed by atoms with Crippen LogP contribution in [0.2, 0.25) is 0 Å². The van der Waals surface area contributed by atoms with Gasteiger partial charge in [0, 0.05) is 18.4 Å². The summed E-state index contributed by atoms with van der Waals surface area (Å²) in [5.74, 6) is 1.42. The molecule has 4 heteroatoms. The molecular formula is C15H22O3S. The van der Waals surface area contributed by atoms with Gasteiger partial charge in [0.05, 0.1) is 12.7 Å². The molecule has 0 spiro atoms. The van der Waals surface area contributed by atoms with Crippen molar-refractivity contribution in [3.63, 3.8) is 0 Å². The number of carbonyl (C=O) groups is 1. The lowest BCUT2D eigenvalue weighted by atomic mass is 10.2. The SMILES string of the molecule is CC(=O)OC(COC(C)C)CSCc1ccccc1. The Hall–Kier alpha value is -1.00. The van der Waals surface area contributed by atoms with E-state index in [2.05, 4.69) is 12.1 Å². The van der Waals surface area contributed by atoms with Crippen LogP contribution in [0.15, 0.2) is 30.3 Å². The van der Waals surface area contributed by atoms with Gasteiger partial charge >= 0.3 is 5.97 Å². The standard InChI is InChI=1S/C15H22O3S/c1-12(2)17-9-15(18-13(3)16)11-19-10-14-7-5-4-6-8-14/h4-8,12,15H,9-11H2,1-3H3. The van der Waals surface area contributed by atoms with Crippen LogP contribution < -0.4 is 0 Å². The van der Waals surface area contributed by atoms with Gasteiger partial charge in [-0.15, -0.1) is 0 Å². The first-order chi connectivity index (χ1) is 9.08. The minimum absolute atomic E-state index is 0.150. The van der Waals surface area contributed by atoms with E-state index in [1.165, 1.54) is 12.5 Å². The largest absolute Gasteiger partial charge is 0.459 e. The topological polar surface area (TPSA) is 35.5 Å². The van der Waals surface area contributed by atoms with Gasteiger partial charge in [0.2, 0.25) is 0 Å². The summed E-state index contributed by atoms with van der Waals surface area (Å²) < 4.78 is 10.8. The Bertz CT molecular complexity index is 365. The minimum Gasteiger partial charge on any atom is -0.459 e. The summed E-state index contributed by atoms with van der Waals surface area (Å²) in [6.07, 6.45) is -0.0224. The highest BCUT2D eigenvalue weighted by molar-refractivity contribution is 7.98. The first-order valence-corrected chi connectivity index (χ1v) is 7.64. The van der Waals surface area contributed by atoms with Crippen molar-refractivity contribution in [2.75, 3.05) is 12.4 Å². The third-order valence-electron chi connectivity index (χ3n) is 2.36. The normalized spacial score (nSPS) is 12.4. The molecule has 0 heterocycles. The van der Waals surface area contributed by atoms with Crippen LogP contribution in [0.3, 0.4) is 0 Å². The molecule has 1 unspecified atom stereocenters. The molecule has 0 aromatic heterocycles. The van der Waals surface area contributed by atoms with Crippen LogP contribution >= 0.6 is 11.8 Å². The number of ether oxygens (including phenoxy) is 2. The highest BCUT2D eigenvalue weighted by Gasteiger charge is 2.13. The van der Waals surface area contributed by atoms with E-state index >= 15 is 0 Å². The lowest BCUT2D eigenvalue weighted by molar-refractivity contribution is -0.148. The molecular weight excluding hydrogens is 260 g/mol. The molecule has 0 bridgehead atoms. The summed E-state index contributed by atoms with van der Waals surface area (Å²) in [4.78, 5) is 11.0. The zero-order chi connectivity index (χ0) is 14.1. The van der Waals surface area contributed by atoms with Crippen LogP contribution in [0.1, 0.15) is 26.3 Å². The predicted molar refractivity (Wildman–Crippen MR) is 79.2 cm³/mol. The smallest absolute Gasteiger partial charge is 0.303 e. The summed E-state index contributed by atoms with van der Waals surface area (Å²) in [5.41, 5.74) is 1.28. The first kappa shape index (κ1) is 16.1. The molecule has 0 saturated heterocycles. The molecule has 0 saturated carbocycles. The van der Waals surface area contributed by atoms with Gasteiger partial charge in [-0.25, -0.2) is 0 Å². The molecule has 0 aliphatic rings. The zero-order valence-corrected chi connectivity index (χ0v) is 12.6. The number of hydrogen-bond donors (Lipinski definition) is 0. The molecule has 0 N–H and O–H groups in total. The van der Waals surface area contributed by atoms with E-state index in [4.69, 9.17) is 9.47 Å². The average Bonchev–Trinajstić information content (AvgIpc) is 2.36. The molecule has 1 aromatic carbocycles. The lowest BCUT2D eigenvalue weighted by Crippen LogP contribution is -2.26. The third-order valence-corrected chi connectivity index (χ3v) is 3.51. The summed E-state index contributed by atoms with van der Waals surface area (Å²) in [6.45, 7) is 5.84. The number of benzene rings is 1. The van der Waals surface area contributed by atoms with Gasteiger partial charge in [0.15, 0.2) is 0 Å². The monoisotopic (exact) mass is 282 g/mol. The molecule has 0 radical (unpaired) electrons. The fourth-order valence-corrected chi connectivity index (χ4v) is 2.51. The van der Waals surface area contributed by atoms with Crippen LogP contribution in [0.25, 0.3) is 0 Å². The van der Waals surface area contributed by atoms with Crippen molar-refractivity contribution in [2.24, 2.45) is 0 Å². The zero-order valence-electron chi connectivity index (χ0n) is 11.8. The van der Waals surface area contributed by atoms with Gasteiger partial charge in [-0.05, 0) is 19.4 Å². The molecule has 1 atom stereocenters. The van der Waals surface area contributed by atoms with Gasteiger partial charge in [-0.3, -0.25) is 4.79 Å². The van der Waals surface area contributed by atoms with Crippen molar-refractivity contribution >= 4 is 17.7 Å². The summed E-state index contributed by atoms with van der Waals surface area (Å²) in [7, 11) is 0. The Kier molecular flexibility index (Phi) is 7.60. The van der Waals surface area contributed by atoms with Crippen LogP contribution in [0.4, 0.5) is 0 Å².